The molecule has 3 rings (SSSR count). The first kappa shape index (κ1) is 15.3. The molecule has 1 amide bonds. The van der Waals surface area contributed by atoms with Crippen LogP contribution in [0.25, 0.3) is 0 Å². The lowest BCUT2D eigenvalue weighted by Crippen LogP contribution is -2.27. The van der Waals surface area contributed by atoms with Gasteiger partial charge in [-0.25, -0.2) is 4.99 Å². The molecule has 1 heterocycles. The van der Waals surface area contributed by atoms with E-state index in [4.69, 9.17) is 11.6 Å². The standard InChI is InChI=1S/C18H16ClN3O/c1-20-11-15-18(23)22(2)16-9-8-13(19)10-14(16)17(21-15)12-6-4-3-5-7-12/h3-11,20H,1-2H3. The maximum absolute atomic E-state index is 12.6. The molecule has 116 valence electrons. The summed E-state index contributed by atoms with van der Waals surface area (Å²) in [5.74, 6) is -0.172. The summed E-state index contributed by atoms with van der Waals surface area (Å²) in [7, 11) is 3.48. The molecule has 0 saturated carbocycles. The lowest BCUT2D eigenvalue weighted by atomic mass is 10.0. The quantitative estimate of drug-likeness (QED) is 0.862. The summed E-state index contributed by atoms with van der Waals surface area (Å²) in [6, 6.07) is 15.2. The first-order chi connectivity index (χ1) is 11.1. The summed E-state index contributed by atoms with van der Waals surface area (Å²) in [6.07, 6.45) is 1.61. The maximum atomic E-state index is 12.6. The Labute approximate surface area is 140 Å². The number of likely N-dealkylation sites (N-methyl/N-ethyl adjacent to an activating group) is 1. The van der Waals surface area contributed by atoms with E-state index >= 15 is 0 Å². The zero-order valence-electron chi connectivity index (χ0n) is 12.9. The molecule has 0 bridgehead atoms. The third-order valence-electron chi connectivity index (χ3n) is 3.66. The fourth-order valence-electron chi connectivity index (χ4n) is 2.55. The smallest absolute Gasteiger partial charge is 0.278 e. The largest absolute Gasteiger partial charge is 0.392 e. The molecule has 1 aliphatic rings. The van der Waals surface area contributed by atoms with Crippen LogP contribution in [0.5, 0.6) is 0 Å². The van der Waals surface area contributed by atoms with Crippen LogP contribution in [-0.2, 0) is 4.79 Å². The van der Waals surface area contributed by atoms with Crippen molar-refractivity contribution in [3.63, 3.8) is 0 Å². The minimum Gasteiger partial charge on any atom is -0.392 e. The minimum atomic E-state index is -0.172. The van der Waals surface area contributed by atoms with Crippen molar-refractivity contribution in [3.8, 4) is 0 Å². The molecule has 2 aromatic rings. The van der Waals surface area contributed by atoms with E-state index in [1.807, 2.05) is 42.5 Å². The van der Waals surface area contributed by atoms with Gasteiger partial charge >= 0.3 is 0 Å². The van der Waals surface area contributed by atoms with E-state index in [0.717, 1.165) is 22.5 Å². The molecule has 2 aromatic carbocycles. The lowest BCUT2D eigenvalue weighted by Gasteiger charge is -2.18. The van der Waals surface area contributed by atoms with Crippen molar-refractivity contribution in [2.45, 2.75) is 0 Å². The highest BCUT2D eigenvalue weighted by Crippen LogP contribution is 2.30. The molecule has 0 radical (unpaired) electrons. The third kappa shape index (κ3) is 2.85. The van der Waals surface area contributed by atoms with Crippen LogP contribution >= 0.6 is 11.6 Å². The van der Waals surface area contributed by atoms with Gasteiger partial charge in [0, 0.05) is 36.4 Å². The van der Waals surface area contributed by atoms with E-state index in [-0.39, 0.29) is 5.91 Å². The van der Waals surface area contributed by atoms with Gasteiger partial charge in [0.25, 0.3) is 5.91 Å². The number of benzodiazepines with no additional fused rings is 1. The van der Waals surface area contributed by atoms with Crippen molar-refractivity contribution in [2.24, 2.45) is 4.99 Å². The van der Waals surface area contributed by atoms with Crippen molar-refractivity contribution in [1.82, 2.24) is 5.32 Å². The van der Waals surface area contributed by atoms with Crippen LogP contribution in [-0.4, -0.2) is 25.7 Å². The topological polar surface area (TPSA) is 44.7 Å². The lowest BCUT2D eigenvalue weighted by molar-refractivity contribution is -0.114. The van der Waals surface area contributed by atoms with Crippen molar-refractivity contribution in [3.05, 3.63) is 76.6 Å². The molecule has 0 fully saturated rings. The van der Waals surface area contributed by atoms with Crippen LogP contribution in [0.1, 0.15) is 11.1 Å². The second kappa shape index (κ2) is 6.26. The van der Waals surface area contributed by atoms with Gasteiger partial charge in [0.2, 0.25) is 0 Å². The number of benzene rings is 2. The molecule has 0 atom stereocenters. The maximum Gasteiger partial charge on any atom is 0.278 e. The van der Waals surface area contributed by atoms with Crippen LogP contribution in [0, 0.1) is 0 Å². The number of aliphatic imine (C=N–C) groups is 1. The fraction of sp³-hybridized carbons (Fsp3) is 0.111. The summed E-state index contributed by atoms with van der Waals surface area (Å²) >= 11 is 6.18. The molecule has 0 unspecified atom stereocenters. The number of rotatable bonds is 2. The van der Waals surface area contributed by atoms with Crippen LogP contribution < -0.4 is 10.2 Å². The van der Waals surface area contributed by atoms with Gasteiger partial charge in [-0.15, -0.1) is 0 Å². The van der Waals surface area contributed by atoms with Crippen LogP contribution in [0.15, 0.2) is 65.4 Å². The molecular weight excluding hydrogens is 310 g/mol. The molecular formula is C18H16ClN3O. The highest BCUT2D eigenvalue weighted by Gasteiger charge is 2.26. The number of nitrogens with zero attached hydrogens (tertiary/aromatic N) is 2. The van der Waals surface area contributed by atoms with Gasteiger partial charge < -0.3 is 10.2 Å². The Kier molecular flexibility index (Phi) is 4.17. The predicted octanol–water partition coefficient (Wildman–Crippen LogP) is 3.21. The minimum absolute atomic E-state index is 0.172. The van der Waals surface area contributed by atoms with E-state index in [9.17, 15) is 4.79 Å². The zero-order chi connectivity index (χ0) is 16.4. The number of fused-ring (bicyclic) bond motifs is 1. The van der Waals surface area contributed by atoms with Gasteiger partial charge in [-0.3, -0.25) is 4.79 Å². The summed E-state index contributed by atoms with van der Waals surface area (Å²) in [5.41, 5.74) is 3.62. The monoisotopic (exact) mass is 325 g/mol. The molecule has 5 heteroatoms. The van der Waals surface area contributed by atoms with Gasteiger partial charge in [0.05, 0.1) is 11.4 Å². The molecule has 23 heavy (non-hydrogen) atoms. The summed E-state index contributed by atoms with van der Waals surface area (Å²) in [5, 5.41) is 3.49. The third-order valence-corrected chi connectivity index (χ3v) is 3.89. The second-order valence-electron chi connectivity index (χ2n) is 5.17. The van der Waals surface area contributed by atoms with E-state index in [1.165, 1.54) is 0 Å². The number of hydrogen-bond acceptors (Lipinski definition) is 3. The Morgan fingerprint density at radius 3 is 2.61 bits per heavy atom. The normalized spacial score (nSPS) is 16.0. The Hall–Kier alpha value is -2.59. The molecule has 0 saturated heterocycles. The molecule has 0 aromatic heterocycles. The first-order valence-corrected chi connectivity index (χ1v) is 7.59. The number of halogens is 1. The Morgan fingerprint density at radius 2 is 1.91 bits per heavy atom. The van der Waals surface area contributed by atoms with Gasteiger partial charge in [-0.05, 0) is 18.2 Å². The number of anilines is 1. The van der Waals surface area contributed by atoms with Crippen LogP contribution in [0.3, 0.4) is 0 Å². The summed E-state index contributed by atoms with van der Waals surface area (Å²) < 4.78 is 0. The van der Waals surface area contributed by atoms with Crippen molar-refractivity contribution in [1.29, 1.82) is 0 Å². The molecule has 1 aliphatic heterocycles. The van der Waals surface area contributed by atoms with Gasteiger partial charge in [0.15, 0.2) is 0 Å². The summed E-state index contributed by atoms with van der Waals surface area (Å²) in [4.78, 5) is 18.8. The molecule has 4 nitrogen and oxygen atoms in total. The highest BCUT2D eigenvalue weighted by molar-refractivity contribution is 6.32. The number of nitrogens with one attached hydrogen (secondary N) is 1. The Balaban J connectivity index is 2.30. The molecule has 0 spiro atoms. The van der Waals surface area contributed by atoms with E-state index < -0.39 is 0 Å². The van der Waals surface area contributed by atoms with Crippen LogP contribution in [0.4, 0.5) is 5.69 Å². The summed E-state index contributed by atoms with van der Waals surface area (Å²) in [6.45, 7) is 0. The molecule has 1 N–H and O–H groups in total. The fourth-order valence-corrected chi connectivity index (χ4v) is 2.72. The van der Waals surface area contributed by atoms with Crippen molar-refractivity contribution < 1.29 is 4.79 Å². The van der Waals surface area contributed by atoms with Crippen molar-refractivity contribution in [2.75, 3.05) is 19.0 Å². The second-order valence-corrected chi connectivity index (χ2v) is 5.61. The first-order valence-electron chi connectivity index (χ1n) is 7.21. The SMILES string of the molecule is CNC=C1N=C(c2ccccc2)c2cc(Cl)ccc2N(C)C1=O. The average molecular weight is 326 g/mol. The van der Waals surface area contributed by atoms with E-state index in [1.54, 1.807) is 31.3 Å². The predicted molar refractivity (Wildman–Crippen MR) is 94.1 cm³/mol. The van der Waals surface area contributed by atoms with Gasteiger partial charge in [-0.1, -0.05) is 41.9 Å². The zero-order valence-corrected chi connectivity index (χ0v) is 13.6. The Morgan fingerprint density at radius 1 is 1.17 bits per heavy atom. The highest BCUT2D eigenvalue weighted by atomic mass is 35.5. The van der Waals surface area contributed by atoms with Gasteiger partial charge in [-0.2, -0.15) is 0 Å². The number of amides is 1. The number of carbonyl (C=O) groups is 1. The number of hydrogen-bond donors (Lipinski definition) is 1. The average Bonchev–Trinajstić information content (AvgIpc) is 2.66. The Bertz CT molecular complexity index is 812. The van der Waals surface area contributed by atoms with E-state index in [0.29, 0.717) is 10.7 Å². The molecule has 0 aliphatic carbocycles. The van der Waals surface area contributed by atoms with Gasteiger partial charge in [0.1, 0.15) is 5.70 Å². The van der Waals surface area contributed by atoms with Crippen LogP contribution in [0.2, 0.25) is 5.02 Å². The number of carbonyl (C=O) groups excluding carboxylic acids is 1. The van der Waals surface area contributed by atoms with E-state index in [2.05, 4.69) is 10.3 Å². The van der Waals surface area contributed by atoms with Crippen molar-refractivity contribution >= 4 is 28.9 Å².